The Morgan fingerprint density at radius 3 is 2.18 bits per heavy atom. The summed E-state index contributed by atoms with van der Waals surface area (Å²) in [6.07, 6.45) is -6.36. The molecule has 4 aromatic heterocycles. The molecule has 4 heterocycles. The highest BCUT2D eigenvalue weighted by Gasteiger charge is 2.33. The Kier molecular flexibility index (Phi) is 5.81. The smallest absolute Gasteiger partial charge is 0.324 e. The number of pyridine rings is 3. The Morgan fingerprint density at radius 2 is 1.47 bits per heavy atom. The van der Waals surface area contributed by atoms with Gasteiger partial charge in [-0.05, 0) is 30.3 Å². The van der Waals surface area contributed by atoms with Crippen LogP contribution in [0.25, 0.3) is 22.9 Å². The van der Waals surface area contributed by atoms with Gasteiger partial charge in [-0.2, -0.15) is 36.3 Å². The molecular formula is C20H10F7N7. The zero-order valence-corrected chi connectivity index (χ0v) is 16.5. The van der Waals surface area contributed by atoms with E-state index in [2.05, 4.69) is 35.2 Å². The topological polar surface area (TPSA) is 89.4 Å². The van der Waals surface area contributed by atoms with Crippen LogP contribution in [0.3, 0.4) is 0 Å². The second-order valence-corrected chi connectivity index (χ2v) is 6.62. The number of hydrogen-bond acceptors (Lipinski definition) is 7. The second-order valence-electron chi connectivity index (χ2n) is 6.62. The predicted molar refractivity (Wildman–Crippen MR) is 104 cm³/mol. The molecule has 0 aliphatic heterocycles. The standard InChI is InChI=1S/C20H10F7N7/c21-12-5-6-28-9-11(12)16-32-17(13-2-1-3-14(31-13)19(22,23)24)34-18(33-16)30-10-4-7-29-15(8-10)20(25,26)27/h1-9H,(H,29,30,32,33,34). The fourth-order valence-corrected chi connectivity index (χ4v) is 2.72. The highest BCUT2D eigenvalue weighted by molar-refractivity contribution is 5.63. The molecule has 7 nitrogen and oxygen atoms in total. The van der Waals surface area contributed by atoms with Gasteiger partial charge in [0, 0.05) is 24.3 Å². The van der Waals surface area contributed by atoms with Crippen molar-refractivity contribution in [3.05, 3.63) is 72.2 Å². The van der Waals surface area contributed by atoms with Crippen molar-refractivity contribution in [3.63, 3.8) is 0 Å². The van der Waals surface area contributed by atoms with Gasteiger partial charge in [0.2, 0.25) is 5.95 Å². The fraction of sp³-hybridized carbons (Fsp3) is 0.100. The van der Waals surface area contributed by atoms with Gasteiger partial charge < -0.3 is 5.32 Å². The van der Waals surface area contributed by atoms with Crippen LogP contribution < -0.4 is 5.32 Å². The summed E-state index contributed by atoms with van der Waals surface area (Å²) in [6, 6.07) is 5.87. The van der Waals surface area contributed by atoms with Crippen LogP contribution in [0.1, 0.15) is 11.4 Å². The first-order valence-electron chi connectivity index (χ1n) is 9.21. The zero-order valence-electron chi connectivity index (χ0n) is 16.5. The molecule has 0 saturated carbocycles. The van der Waals surface area contributed by atoms with E-state index in [-0.39, 0.29) is 34.5 Å². The third-order valence-electron chi connectivity index (χ3n) is 4.22. The van der Waals surface area contributed by atoms with Gasteiger partial charge in [-0.1, -0.05) is 6.07 Å². The van der Waals surface area contributed by atoms with Crippen molar-refractivity contribution in [1.29, 1.82) is 0 Å². The number of anilines is 2. The van der Waals surface area contributed by atoms with Crippen LogP contribution in [-0.4, -0.2) is 29.9 Å². The number of alkyl halides is 6. The van der Waals surface area contributed by atoms with Crippen LogP contribution in [-0.2, 0) is 12.4 Å². The highest BCUT2D eigenvalue weighted by Crippen LogP contribution is 2.31. The van der Waals surface area contributed by atoms with Gasteiger partial charge in [0.05, 0.1) is 5.56 Å². The van der Waals surface area contributed by atoms with Crippen LogP contribution >= 0.6 is 0 Å². The quantitative estimate of drug-likeness (QED) is 0.395. The number of halogens is 7. The predicted octanol–water partition coefficient (Wildman–Crippen LogP) is 5.31. The summed E-state index contributed by atoms with van der Waals surface area (Å²) in [5, 5.41) is 2.51. The Hall–Kier alpha value is -4.23. The van der Waals surface area contributed by atoms with E-state index in [1.165, 1.54) is 12.1 Å². The average molecular weight is 481 g/mol. The summed E-state index contributed by atoms with van der Waals surface area (Å²) in [4.78, 5) is 22.4. The third kappa shape index (κ3) is 5.05. The molecule has 0 aliphatic carbocycles. The molecule has 174 valence electrons. The van der Waals surface area contributed by atoms with Crippen molar-refractivity contribution in [3.8, 4) is 22.9 Å². The van der Waals surface area contributed by atoms with Crippen LogP contribution in [0.4, 0.5) is 42.4 Å². The minimum atomic E-state index is -4.76. The fourth-order valence-electron chi connectivity index (χ4n) is 2.72. The monoisotopic (exact) mass is 481 g/mol. The van der Waals surface area contributed by atoms with E-state index >= 15 is 0 Å². The molecule has 0 unspecified atom stereocenters. The normalized spacial score (nSPS) is 12.0. The molecule has 34 heavy (non-hydrogen) atoms. The van der Waals surface area contributed by atoms with Gasteiger partial charge in [0.15, 0.2) is 11.6 Å². The lowest BCUT2D eigenvalue weighted by Gasteiger charge is -2.12. The SMILES string of the molecule is Fc1ccncc1-c1nc(Nc2ccnc(C(F)(F)F)c2)nc(-c2cccc(C(F)(F)F)n2)n1. The van der Waals surface area contributed by atoms with E-state index in [0.717, 1.165) is 36.8 Å². The molecule has 0 saturated heterocycles. The number of nitrogens with one attached hydrogen (secondary N) is 1. The van der Waals surface area contributed by atoms with E-state index < -0.39 is 29.6 Å². The lowest BCUT2D eigenvalue weighted by molar-refractivity contribution is -0.141. The summed E-state index contributed by atoms with van der Waals surface area (Å²) in [6.45, 7) is 0. The molecule has 4 rings (SSSR count). The highest BCUT2D eigenvalue weighted by atomic mass is 19.4. The molecule has 0 fully saturated rings. The lowest BCUT2D eigenvalue weighted by atomic mass is 10.2. The number of rotatable bonds is 4. The van der Waals surface area contributed by atoms with Crippen molar-refractivity contribution >= 4 is 11.6 Å². The lowest BCUT2D eigenvalue weighted by Crippen LogP contribution is -2.10. The largest absolute Gasteiger partial charge is 0.433 e. The van der Waals surface area contributed by atoms with E-state index in [9.17, 15) is 30.7 Å². The van der Waals surface area contributed by atoms with Crippen molar-refractivity contribution < 1.29 is 30.7 Å². The molecule has 0 radical (unpaired) electrons. The van der Waals surface area contributed by atoms with Gasteiger partial charge >= 0.3 is 12.4 Å². The number of nitrogens with zero attached hydrogens (tertiary/aromatic N) is 6. The van der Waals surface area contributed by atoms with E-state index in [1.54, 1.807) is 0 Å². The van der Waals surface area contributed by atoms with Crippen LogP contribution in [0.15, 0.2) is 55.0 Å². The first kappa shape index (κ1) is 22.9. The maximum Gasteiger partial charge on any atom is 0.433 e. The Balaban J connectivity index is 1.83. The molecule has 0 bridgehead atoms. The number of aromatic nitrogens is 6. The molecular weight excluding hydrogens is 471 g/mol. The minimum Gasteiger partial charge on any atom is -0.324 e. The molecule has 1 N–H and O–H groups in total. The summed E-state index contributed by atoms with van der Waals surface area (Å²) < 4.78 is 92.5. The molecule has 4 aromatic rings. The molecule has 14 heteroatoms. The Bertz CT molecular complexity index is 1340. The van der Waals surface area contributed by atoms with Gasteiger partial charge in [0.25, 0.3) is 0 Å². The summed E-state index contributed by atoms with van der Waals surface area (Å²) in [7, 11) is 0. The Morgan fingerprint density at radius 1 is 0.735 bits per heavy atom. The summed E-state index contributed by atoms with van der Waals surface area (Å²) >= 11 is 0. The first-order chi connectivity index (χ1) is 16.0. The van der Waals surface area contributed by atoms with E-state index in [1.807, 2.05) is 0 Å². The molecule has 0 aromatic carbocycles. The van der Waals surface area contributed by atoms with Crippen molar-refractivity contribution in [2.75, 3.05) is 5.32 Å². The van der Waals surface area contributed by atoms with Gasteiger partial charge in [0.1, 0.15) is 22.9 Å². The van der Waals surface area contributed by atoms with Gasteiger partial charge in [-0.15, -0.1) is 0 Å². The van der Waals surface area contributed by atoms with Gasteiger partial charge in [-0.25, -0.2) is 14.4 Å². The van der Waals surface area contributed by atoms with Gasteiger partial charge in [-0.3, -0.25) is 9.97 Å². The van der Waals surface area contributed by atoms with E-state index in [0.29, 0.717) is 6.07 Å². The van der Waals surface area contributed by atoms with Crippen LogP contribution in [0, 0.1) is 5.82 Å². The zero-order chi connectivity index (χ0) is 24.5. The first-order valence-corrected chi connectivity index (χ1v) is 9.21. The minimum absolute atomic E-state index is 0.130. The second kappa shape index (κ2) is 8.61. The Labute approximate surface area is 185 Å². The maximum atomic E-state index is 14.3. The van der Waals surface area contributed by atoms with Crippen LogP contribution in [0.5, 0.6) is 0 Å². The maximum absolute atomic E-state index is 14.3. The third-order valence-corrected chi connectivity index (χ3v) is 4.22. The summed E-state index contributed by atoms with van der Waals surface area (Å²) in [5.74, 6) is -1.88. The van der Waals surface area contributed by atoms with Crippen molar-refractivity contribution in [2.45, 2.75) is 12.4 Å². The average Bonchev–Trinajstić information content (AvgIpc) is 2.78. The molecule has 0 aliphatic rings. The van der Waals surface area contributed by atoms with Crippen LogP contribution in [0.2, 0.25) is 0 Å². The molecule has 0 spiro atoms. The van der Waals surface area contributed by atoms with Crippen molar-refractivity contribution in [1.82, 2.24) is 29.9 Å². The van der Waals surface area contributed by atoms with E-state index in [4.69, 9.17) is 0 Å². The molecule has 0 amide bonds. The molecule has 0 atom stereocenters. The summed E-state index contributed by atoms with van der Waals surface area (Å²) in [5.41, 5.74) is -3.10. The van der Waals surface area contributed by atoms with Crippen molar-refractivity contribution in [2.24, 2.45) is 0 Å². The number of hydrogen-bond donors (Lipinski definition) is 1.